The Morgan fingerprint density at radius 2 is 0.840 bits per heavy atom. The van der Waals surface area contributed by atoms with Gasteiger partial charge in [-0.15, -0.1) is 0 Å². The monoisotopic (exact) mass is 1270 g/mol. The van der Waals surface area contributed by atoms with Gasteiger partial charge in [0.2, 0.25) is 16.3 Å². The minimum absolute atomic E-state index is 0.0196. The summed E-state index contributed by atoms with van der Waals surface area (Å²) in [7, 11) is 0. The molecule has 0 aliphatic carbocycles. The highest BCUT2D eigenvalue weighted by Crippen LogP contribution is 2.28. The summed E-state index contributed by atoms with van der Waals surface area (Å²) >= 11 is 0. The topological polar surface area (TPSA) is 361 Å². The van der Waals surface area contributed by atoms with Crippen LogP contribution >= 0.6 is 0 Å². The number of ether oxygens (including phenoxy) is 2. The number of nitrogens with two attached hydrogens (primary N) is 1. The molecule has 13 N–H and O–H groups in total. The van der Waals surface area contributed by atoms with Crippen LogP contribution in [0.4, 0.5) is 17.1 Å². The van der Waals surface area contributed by atoms with E-state index in [0.29, 0.717) is 73.2 Å². The van der Waals surface area contributed by atoms with Crippen molar-refractivity contribution in [2.24, 2.45) is 17.6 Å². The number of carbonyl (C=O) groups is 6. The summed E-state index contributed by atoms with van der Waals surface area (Å²) in [6, 6.07) is 35.9. The number of aromatic carboxylic acids is 1. The Hall–Kier alpha value is -11.7. The van der Waals surface area contributed by atoms with E-state index < -0.39 is 35.1 Å². The molecule has 6 aromatic carbocycles. The number of aromatic nitrogens is 6. The Morgan fingerprint density at radius 1 is 0.479 bits per heavy atom. The number of carbonyl (C=O) groups excluding carboxylic acids is 5. The smallest absolute Gasteiger partial charge is 0.340 e. The van der Waals surface area contributed by atoms with Gasteiger partial charge >= 0.3 is 11.9 Å². The summed E-state index contributed by atoms with van der Waals surface area (Å²) in [6.07, 6.45) is 11.8. The maximum atomic E-state index is 12.9. The number of H-pyrrole nitrogens is 6. The van der Waals surface area contributed by atoms with Crippen LogP contribution in [0.3, 0.4) is 0 Å². The Bertz CT molecular complexity index is 4940. The predicted molar refractivity (Wildman–Crippen MR) is 366 cm³/mol. The first-order valence-electron chi connectivity index (χ1n) is 30.4. The van der Waals surface area contributed by atoms with Crippen molar-refractivity contribution in [3.8, 4) is 0 Å². The molecule has 482 valence electrons. The Balaban J connectivity index is 0.000000154. The molecule has 0 bridgehead atoms. The van der Waals surface area contributed by atoms with Crippen LogP contribution in [0.5, 0.6) is 0 Å². The fourth-order valence-electron chi connectivity index (χ4n) is 9.83. The van der Waals surface area contributed by atoms with E-state index in [2.05, 4.69) is 65.0 Å². The van der Waals surface area contributed by atoms with Gasteiger partial charge in [0.05, 0.1) is 40.4 Å². The Kier molecular flexibility index (Phi) is 21.9. The number of esters is 1. The zero-order valence-corrected chi connectivity index (χ0v) is 52.2. The second-order valence-corrected chi connectivity index (χ2v) is 22.6. The fourth-order valence-corrected chi connectivity index (χ4v) is 9.83. The summed E-state index contributed by atoms with van der Waals surface area (Å²) in [5.74, 6) is -2.91. The van der Waals surface area contributed by atoms with Crippen molar-refractivity contribution in [1.29, 1.82) is 0 Å². The first kappa shape index (κ1) is 66.7. The van der Waals surface area contributed by atoms with Crippen LogP contribution < -0.4 is 43.3 Å². The van der Waals surface area contributed by atoms with E-state index in [4.69, 9.17) is 15.2 Å². The molecule has 7 heterocycles. The first-order valence-corrected chi connectivity index (χ1v) is 30.4. The predicted octanol–water partition coefficient (Wildman–Crippen LogP) is 11.4. The minimum atomic E-state index is -1.17. The van der Waals surface area contributed by atoms with Gasteiger partial charge in [0.25, 0.3) is 23.6 Å². The molecule has 0 saturated carbocycles. The molecule has 1 fully saturated rings. The van der Waals surface area contributed by atoms with Gasteiger partial charge in [-0.3, -0.25) is 33.6 Å². The molecule has 1 aliphatic heterocycles. The lowest BCUT2D eigenvalue weighted by Crippen LogP contribution is -2.29. The normalized spacial score (nSPS) is 11.6. The van der Waals surface area contributed by atoms with Gasteiger partial charge in [0, 0.05) is 122 Å². The summed E-state index contributed by atoms with van der Waals surface area (Å²) in [5.41, 5.74) is 9.19. The number of pyridine rings is 3. The van der Waals surface area contributed by atoms with Crippen LogP contribution in [0.15, 0.2) is 179 Å². The minimum Gasteiger partial charge on any atom is -0.478 e. The highest BCUT2D eigenvalue weighted by atomic mass is 16.5. The number of hydrogen-bond donors (Lipinski definition) is 12. The maximum Gasteiger partial charge on any atom is 0.340 e. The van der Waals surface area contributed by atoms with Crippen molar-refractivity contribution in [3.63, 3.8) is 0 Å². The standard InChI is InChI=1S/C23H22N4O3.C21H17N3O4.C19H13N3O4.C4H11N.C4H8O/c1-13(2)11-26-22(29)16-9-14-7-8-24-19(14)10-20(16)27-23(30)17-12-25-18-6-4-3-5-15(18)21(17)28;1-2-28-21(27)14-9-12-7-8-22-17(12)10-18(14)24-20(26)15-11-23-16-6-4-3-5-13(16)19(15)25;23-17-11-3-1-2-4-14(11)21-9-13(17)18(24)22-16-8-15-10(5-6-20-15)7-12(16)19(25)26;1-4(2)3-5;1-2-4-5-3-1/h3-10,12-13,24H,11H2,1-2H3,(H,25,28)(H,26,29)(H,27,30);3-11,22H,2H2,1H3,(H,23,25)(H,24,26);1-9,20H,(H,21,23)(H,22,24)(H,25,26);4H,3,5H2,1-2H3;1-4H2. The van der Waals surface area contributed by atoms with E-state index in [1.54, 1.807) is 123 Å². The van der Waals surface area contributed by atoms with E-state index >= 15 is 0 Å². The van der Waals surface area contributed by atoms with Crippen LogP contribution in [0.1, 0.15) is 110 Å². The van der Waals surface area contributed by atoms with E-state index in [1.165, 1.54) is 43.6 Å². The van der Waals surface area contributed by atoms with E-state index in [1.807, 2.05) is 32.0 Å². The molecule has 13 rings (SSSR count). The molecular formula is C71H71N11O12. The molecule has 0 atom stereocenters. The molecule has 1 saturated heterocycles. The van der Waals surface area contributed by atoms with E-state index in [-0.39, 0.29) is 62.6 Å². The summed E-state index contributed by atoms with van der Waals surface area (Å²) in [4.78, 5) is 131. The number of benzene rings is 6. The third-order valence-corrected chi connectivity index (χ3v) is 14.9. The number of fused-ring (bicyclic) bond motifs is 6. The molecular weight excluding hydrogens is 1200 g/mol. The lowest BCUT2D eigenvalue weighted by molar-refractivity contribution is 0.0526. The van der Waals surface area contributed by atoms with Crippen LogP contribution in [0.25, 0.3) is 65.4 Å². The number of hydrogen-bond acceptors (Lipinski definition) is 12. The SMILES string of the molecule is C1CCOC1.CC(C)CN.CC(C)CNC(=O)c1cc2cc[nH]c2cc1NC(=O)c1c[nH]c2ccccc2c1=O.CCOC(=O)c1cc2cc[nH]c2cc1NC(=O)c1c[nH]c2ccccc2c1=O.O=C(O)c1cc2cc[nH]c2cc1NC(=O)c1c[nH]c2ccccc2c1=O. The van der Waals surface area contributed by atoms with Gasteiger partial charge < -0.3 is 71.5 Å². The molecule has 0 unspecified atom stereocenters. The molecule has 23 heteroatoms. The highest BCUT2D eigenvalue weighted by molar-refractivity contribution is 6.14. The molecule has 94 heavy (non-hydrogen) atoms. The van der Waals surface area contributed by atoms with Gasteiger partial charge in [-0.1, -0.05) is 64.1 Å². The fraction of sp³-hybridized carbons (Fsp3) is 0.197. The number of nitrogens with one attached hydrogen (secondary N) is 10. The number of rotatable bonds is 13. The Morgan fingerprint density at radius 3 is 1.19 bits per heavy atom. The number of anilines is 3. The molecule has 6 aromatic heterocycles. The van der Waals surface area contributed by atoms with Gasteiger partial charge in [-0.05, 0) is 129 Å². The van der Waals surface area contributed by atoms with Crippen molar-refractivity contribution in [2.45, 2.75) is 47.5 Å². The highest BCUT2D eigenvalue weighted by Gasteiger charge is 2.23. The van der Waals surface area contributed by atoms with Crippen LogP contribution in [0.2, 0.25) is 0 Å². The van der Waals surface area contributed by atoms with Crippen molar-refractivity contribution >= 4 is 118 Å². The molecule has 23 nitrogen and oxygen atoms in total. The largest absolute Gasteiger partial charge is 0.478 e. The van der Waals surface area contributed by atoms with Gasteiger partial charge in [0.1, 0.15) is 16.7 Å². The van der Waals surface area contributed by atoms with Crippen LogP contribution in [0, 0.1) is 11.8 Å². The second kappa shape index (κ2) is 30.9. The van der Waals surface area contributed by atoms with Gasteiger partial charge in [-0.25, -0.2) is 9.59 Å². The van der Waals surface area contributed by atoms with Crippen molar-refractivity contribution in [1.82, 2.24) is 35.2 Å². The zero-order valence-electron chi connectivity index (χ0n) is 52.2. The van der Waals surface area contributed by atoms with E-state index in [9.17, 15) is 48.3 Å². The number of para-hydroxylation sites is 3. The maximum absolute atomic E-state index is 12.9. The third-order valence-electron chi connectivity index (χ3n) is 14.9. The summed E-state index contributed by atoms with van der Waals surface area (Å²) in [6.45, 7) is 13.4. The third kappa shape index (κ3) is 16.1. The second-order valence-electron chi connectivity index (χ2n) is 22.6. The average molecular weight is 1270 g/mol. The lowest BCUT2D eigenvalue weighted by atomic mass is 10.1. The summed E-state index contributed by atoms with van der Waals surface area (Å²) in [5, 5.41) is 23.9. The number of amides is 4. The van der Waals surface area contributed by atoms with Gasteiger partial charge in [0.15, 0.2) is 0 Å². The quantitative estimate of drug-likeness (QED) is 0.0478. The molecule has 1 aliphatic rings. The van der Waals surface area contributed by atoms with E-state index in [0.717, 1.165) is 41.6 Å². The molecule has 0 spiro atoms. The average Bonchev–Trinajstić information content (AvgIpc) is 1.03. The lowest BCUT2D eigenvalue weighted by Gasteiger charge is -2.13. The van der Waals surface area contributed by atoms with Crippen LogP contribution in [-0.4, -0.2) is 103 Å². The molecule has 4 amide bonds. The number of aromatic amines is 6. The molecule has 0 radical (unpaired) electrons. The number of carboxylic acid groups (broad SMARTS) is 1. The zero-order chi connectivity index (χ0) is 67.0. The van der Waals surface area contributed by atoms with Crippen molar-refractivity contribution in [2.75, 3.05) is 48.9 Å². The Labute approximate surface area is 536 Å². The van der Waals surface area contributed by atoms with Crippen molar-refractivity contribution in [3.05, 3.63) is 229 Å². The van der Waals surface area contributed by atoms with Crippen molar-refractivity contribution < 1.29 is 43.3 Å². The van der Waals surface area contributed by atoms with Gasteiger partial charge in [-0.2, -0.15) is 0 Å². The first-order chi connectivity index (χ1) is 45.3. The summed E-state index contributed by atoms with van der Waals surface area (Å²) < 4.78 is 10.0. The molecule has 12 aromatic rings. The number of carboxylic acids is 1. The van der Waals surface area contributed by atoms with Crippen LogP contribution in [-0.2, 0) is 9.47 Å².